The maximum atomic E-state index is 13.2. The lowest BCUT2D eigenvalue weighted by molar-refractivity contribution is -0.138. The highest BCUT2D eigenvalue weighted by atomic mass is 32.2. The fourth-order valence-electron chi connectivity index (χ4n) is 3.34. The van der Waals surface area contributed by atoms with Gasteiger partial charge in [0, 0.05) is 31.9 Å². The fourth-order valence-corrected chi connectivity index (χ4v) is 5.71. The van der Waals surface area contributed by atoms with E-state index in [0.717, 1.165) is 23.4 Å². The molecule has 0 aliphatic carbocycles. The van der Waals surface area contributed by atoms with Gasteiger partial charge in [0.2, 0.25) is 15.9 Å². The number of thioether (sulfide) groups is 1. The molecule has 2 heterocycles. The van der Waals surface area contributed by atoms with Crippen molar-refractivity contribution in [2.45, 2.75) is 29.9 Å². The highest BCUT2D eigenvalue weighted by Gasteiger charge is 2.36. The van der Waals surface area contributed by atoms with E-state index in [2.05, 4.69) is 4.98 Å². The van der Waals surface area contributed by atoms with Gasteiger partial charge in [-0.25, -0.2) is 13.4 Å². The molecule has 0 unspecified atom stereocenters. The Balaban J connectivity index is 1.64. The molecule has 7 nitrogen and oxygen atoms in total. The van der Waals surface area contributed by atoms with E-state index in [0.29, 0.717) is 0 Å². The number of alkyl halides is 3. The molecule has 0 N–H and O–H groups in total. The quantitative estimate of drug-likeness (QED) is 0.588. The second kappa shape index (κ2) is 9.70. The molecule has 1 amide bonds. The lowest BCUT2D eigenvalue weighted by Gasteiger charge is -2.34. The van der Waals surface area contributed by atoms with E-state index in [4.69, 9.17) is 0 Å². The Morgan fingerprint density at radius 2 is 1.76 bits per heavy atom. The van der Waals surface area contributed by atoms with Crippen molar-refractivity contribution >= 4 is 27.7 Å². The number of hydrogen-bond acceptors (Lipinski definition) is 6. The molecule has 0 spiro atoms. The number of aromatic nitrogens is 1. The van der Waals surface area contributed by atoms with Gasteiger partial charge in [0.15, 0.2) is 0 Å². The highest BCUT2D eigenvalue weighted by molar-refractivity contribution is 8.00. The topological polar surface area (TPSA) is 94.4 Å². The van der Waals surface area contributed by atoms with E-state index < -0.39 is 27.3 Å². The van der Waals surface area contributed by atoms with Crippen molar-refractivity contribution in [3.63, 3.8) is 0 Å². The highest BCUT2D eigenvalue weighted by Crippen LogP contribution is 2.36. The first-order valence-corrected chi connectivity index (χ1v) is 12.3. The third kappa shape index (κ3) is 5.66. The smallest absolute Gasteiger partial charge is 0.339 e. The summed E-state index contributed by atoms with van der Waals surface area (Å²) in [6, 6.07) is 8.84. The van der Waals surface area contributed by atoms with Crippen LogP contribution in [0.2, 0.25) is 0 Å². The van der Waals surface area contributed by atoms with Gasteiger partial charge in [-0.05, 0) is 32.0 Å². The summed E-state index contributed by atoms with van der Waals surface area (Å²) in [7, 11) is -3.68. The first-order chi connectivity index (χ1) is 15.4. The lowest BCUT2D eigenvalue weighted by atomic mass is 10.1. The zero-order chi connectivity index (χ0) is 24.4. The van der Waals surface area contributed by atoms with E-state index in [-0.39, 0.29) is 53.5 Å². The monoisotopic (exact) mass is 498 g/mol. The molecule has 1 saturated heterocycles. The van der Waals surface area contributed by atoms with Crippen molar-refractivity contribution in [1.29, 1.82) is 5.26 Å². The molecule has 1 aliphatic heterocycles. The van der Waals surface area contributed by atoms with Crippen molar-refractivity contribution in [3.8, 4) is 6.07 Å². The van der Waals surface area contributed by atoms with Gasteiger partial charge in [0.1, 0.15) is 11.1 Å². The molecule has 1 aromatic carbocycles. The van der Waals surface area contributed by atoms with Crippen LogP contribution in [0.3, 0.4) is 0 Å². The molecular weight excluding hydrogens is 477 g/mol. The molecule has 12 heteroatoms. The SMILES string of the molecule is Cc1ccc(S(=O)(=O)N2CCN(C(=O)CSc3nc(C)cc(C(F)(F)F)c3C#N)CC2)cc1. The third-order valence-electron chi connectivity index (χ3n) is 5.11. The van der Waals surface area contributed by atoms with E-state index in [1.54, 1.807) is 18.2 Å². The number of carbonyl (C=O) groups is 1. The zero-order valence-corrected chi connectivity index (χ0v) is 19.5. The van der Waals surface area contributed by atoms with Crippen molar-refractivity contribution < 1.29 is 26.4 Å². The predicted octanol–water partition coefficient (Wildman–Crippen LogP) is 3.21. The maximum absolute atomic E-state index is 13.2. The number of sulfonamides is 1. The number of halogens is 3. The van der Waals surface area contributed by atoms with Gasteiger partial charge < -0.3 is 4.90 Å². The summed E-state index contributed by atoms with van der Waals surface area (Å²) in [4.78, 5) is 18.2. The number of pyridine rings is 1. The number of nitriles is 1. The molecule has 0 radical (unpaired) electrons. The molecule has 0 saturated carbocycles. The van der Waals surface area contributed by atoms with Crippen LogP contribution in [0.4, 0.5) is 13.2 Å². The molecular formula is C21H21F3N4O3S2. The van der Waals surface area contributed by atoms with Crippen LogP contribution in [0, 0.1) is 25.2 Å². The average Bonchev–Trinajstić information content (AvgIpc) is 2.76. The van der Waals surface area contributed by atoms with Gasteiger partial charge in [-0.2, -0.15) is 22.7 Å². The summed E-state index contributed by atoms with van der Waals surface area (Å²) >= 11 is 0.766. The number of rotatable bonds is 5. The summed E-state index contributed by atoms with van der Waals surface area (Å²) in [5.41, 5.74) is -0.666. The number of hydrogen-bond donors (Lipinski definition) is 0. The van der Waals surface area contributed by atoms with Crippen molar-refractivity contribution in [2.75, 3.05) is 31.9 Å². The summed E-state index contributed by atoms with van der Waals surface area (Å²) in [6.45, 7) is 3.77. The van der Waals surface area contributed by atoms with Crippen LogP contribution < -0.4 is 0 Å². The summed E-state index contributed by atoms with van der Waals surface area (Å²) in [6.07, 6.45) is -4.71. The van der Waals surface area contributed by atoms with Crippen molar-refractivity contribution in [3.05, 3.63) is 52.7 Å². The number of benzene rings is 1. The Morgan fingerprint density at radius 3 is 2.30 bits per heavy atom. The van der Waals surface area contributed by atoms with Gasteiger partial charge in [-0.3, -0.25) is 4.79 Å². The van der Waals surface area contributed by atoms with Crippen LogP contribution in [0.15, 0.2) is 40.3 Å². The van der Waals surface area contributed by atoms with Gasteiger partial charge in [0.05, 0.1) is 21.8 Å². The lowest BCUT2D eigenvalue weighted by Crippen LogP contribution is -2.50. The Labute approximate surface area is 194 Å². The summed E-state index contributed by atoms with van der Waals surface area (Å²) in [5, 5.41) is 9.07. The minimum absolute atomic E-state index is 0.0891. The van der Waals surface area contributed by atoms with Crippen LogP contribution in [0.5, 0.6) is 0 Å². The number of carbonyl (C=O) groups excluding carboxylic acids is 1. The van der Waals surface area contributed by atoms with Crippen LogP contribution in [-0.4, -0.2) is 60.4 Å². The second-order valence-corrected chi connectivity index (χ2v) is 10.4. The number of nitrogens with zero attached hydrogens (tertiary/aromatic N) is 4. The number of piperazine rings is 1. The van der Waals surface area contributed by atoms with Crippen LogP contribution in [-0.2, 0) is 21.0 Å². The van der Waals surface area contributed by atoms with Crippen LogP contribution >= 0.6 is 11.8 Å². The number of amides is 1. The third-order valence-corrected chi connectivity index (χ3v) is 7.99. The van der Waals surface area contributed by atoms with Gasteiger partial charge in [-0.15, -0.1) is 0 Å². The van der Waals surface area contributed by atoms with Crippen molar-refractivity contribution in [2.24, 2.45) is 0 Å². The Bertz CT molecular complexity index is 1180. The van der Waals surface area contributed by atoms with Crippen LogP contribution in [0.25, 0.3) is 0 Å². The van der Waals surface area contributed by atoms with Gasteiger partial charge in [0.25, 0.3) is 0 Å². The zero-order valence-electron chi connectivity index (χ0n) is 17.9. The second-order valence-electron chi connectivity index (χ2n) is 7.49. The van der Waals surface area contributed by atoms with E-state index in [9.17, 15) is 31.6 Å². The largest absolute Gasteiger partial charge is 0.417 e. The van der Waals surface area contributed by atoms with Gasteiger partial charge in [-0.1, -0.05) is 29.5 Å². The fraction of sp³-hybridized carbons (Fsp3) is 0.381. The standard InChI is InChI=1S/C21H21F3N4O3S2/c1-14-3-5-16(6-4-14)33(30,31)28-9-7-27(8-10-28)19(29)13-32-20-17(12-25)18(21(22,23)24)11-15(2)26-20/h3-6,11H,7-10,13H2,1-2H3. The molecule has 176 valence electrons. The predicted molar refractivity (Wildman–Crippen MR) is 116 cm³/mol. The Morgan fingerprint density at radius 1 is 1.15 bits per heavy atom. The average molecular weight is 499 g/mol. The minimum Gasteiger partial charge on any atom is -0.339 e. The minimum atomic E-state index is -4.71. The van der Waals surface area contributed by atoms with Crippen molar-refractivity contribution in [1.82, 2.24) is 14.2 Å². The Hall–Kier alpha value is -2.62. The number of aryl methyl sites for hydroxylation is 2. The van der Waals surface area contributed by atoms with E-state index in [1.807, 2.05) is 6.92 Å². The first-order valence-electron chi connectivity index (χ1n) is 9.90. The summed E-state index contributed by atoms with van der Waals surface area (Å²) in [5.74, 6) is -0.583. The molecule has 0 atom stereocenters. The normalized spacial score (nSPS) is 15.3. The molecule has 1 aromatic heterocycles. The molecule has 3 rings (SSSR count). The van der Waals surface area contributed by atoms with E-state index in [1.165, 1.54) is 28.3 Å². The summed E-state index contributed by atoms with van der Waals surface area (Å²) < 4.78 is 66.6. The molecule has 1 aliphatic rings. The maximum Gasteiger partial charge on any atom is 0.417 e. The van der Waals surface area contributed by atoms with E-state index >= 15 is 0 Å². The Kier molecular flexibility index (Phi) is 7.36. The molecule has 0 bridgehead atoms. The molecule has 1 fully saturated rings. The van der Waals surface area contributed by atoms with Crippen LogP contribution in [0.1, 0.15) is 22.4 Å². The molecule has 2 aromatic rings. The molecule has 33 heavy (non-hydrogen) atoms. The van der Waals surface area contributed by atoms with Gasteiger partial charge >= 0.3 is 6.18 Å². The first kappa shape index (κ1) is 25.0.